The molecule has 0 bridgehead atoms. The van der Waals surface area contributed by atoms with Gasteiger partial charge in [-0.05, 0) is 37.0 Å². The molecule has 4 unspecified atom stereocenters. The molecule has 1 saturated carbocycles. The minimum absolute atomic E-state index is 0.0469. The smallest absolute Gasteiger partial charge is 0.279 e. The lowest BCUT2D eigenvalue weighted by molar-refractivity contribution is -0.421. The number of hydrogen-bond donors (Lipinski definition) is 3. The van der Waals surface area contributed by atoms with Crippen LogP contribution in [-0.4, -0.2) is 73.8 Å². The van der Waals surface area contributed by atoms with E-state index in [9.17, 15) is 15.3 Å². The zero-order valence-corrected chi connectivity index (χ0v) is 12.1. The second-order valence-electron chi connectivity index (χ2n) is 7.04. The normalized spacial score (nSPS) is 43.9. The maximum absolute atomic E-state index is 9.85. The Morgan fingerprint density at radius 2 is 1.62 bits per heavy atom. The standard InChI is InChI=1S/C13H20B3NO4/c14-11(18)4-10(5-12(19,20)21-11)13(15,16)17-6-8-2-1-3-9(8)7-17/h8-10,18-20H,1-7H2. The molecule has 6 radical (unpaired) electrons. The van der Waals surface area contributed by atoms with Crippen LogP contribution in [0.15, 0.2) is 0 Å². The second-order valence-corrected chi connectivity index (χ2v) is 7.04. The third-order valence-corrected chi connectivity index (χ3v) is 5.32. The van der Waals surface area contributed by atoms with Crippen molar-refractivity contribution in [3.63, 3.8) is 0 Å². The van der Waals surface area contributed by atoms with E-state index in [1.54, 1.807) is 0 Å². The van der Waals surface area contributed by atoms with E-state index in [2.05, 4.69) is 4.74 Å². The quantitative estimate of drug-likeness (QED) is 0.430. The SMILES string of the molecule is [B]C1(O)CC(C([B])([B])N2CC3CCCC3C2)CC(O)(O)O1. The zero-order chi connectivity index (χ0) is 15.5. The summed E-state index contributed by atoms with van der Waals surface area (Å²) in [7, 11) is 18.1. The summed E-state index contributed by atoms with van der Waals surface area (Å²) in [5.74, 6) is -1.89. The van der Waals surface area contributed by atoms with Gasteiger partial charge in [0.2, 0.25) is 0 Å². The summed E-state index contributed by atoms with van der Waals surface area (Å²) in [6.07, 6.45) is 3.40. The van der Waals surface area contributed by atoms with Crippen molar-refractivity contribution in [3.05, 3.63) is 0 Å². The number of nitrogens with zero attached hydrogens (tertiary/aromatic N) is 1. The maximum atomic E-state index is 9.85. The van der Waals surface area contributed by atoms with Crippen molar-refractivity contribution < 1.29 is 20.1 Å². The number of likely N-dealkylation sites (tertiary alicyclic amines) is 1. The number of rotatable bonds is 2. The van der Waals surface area contributed by atoms with E-state index in [-0.39, 0.29) is 12.8 Å². The van der Waals surface area contributed by atoms with Crippen molar-refractivity contribution in [1.82, 2.24) is 4.90 Å². The molecule has 0 aromatic heterocycles. The van der Waals surface area contributed by atoms with Gasteiger partial charge < -0.3 is 25.0 Å². The van der Waals surface area contributed by atoms with Gasteiger partial charge in [0.1, 0.15) is 5.69 Å². The van der Waals surface area contributed by atoms with E-state index in [4.69, 9.17) is 23.5 Å². The molecular formula is C13H20B3NO4. The Morgan fingerprint density at radius 3 is 2.14 bits per heavy atom. The molecule has 0 aromatic carbocycles. The summed E-state index contributed by atoms with van der Waals surface area (Å²) in [6.45, 7) is 1.61. The van der Waals surface area contributed by atoms with Crippen molar-refractivity contribution in [2.45, 2.75) is 49.1 Å². The first-order chi connectivity index (χ1) is 9.59. The molecule has 2 heterocycles. The summed E-state index contributed by atoms with van der Waals surface area (Å²) in [6, 6.07) is 0. The zero-order valence-electron chi connectivity index (χ0n) is 12.1. The van der Waals surface area contributed by atoms with E-state index in [1.165, 1.54) is 19.3 Å². The molecule has 2 saturated heterocycles. The Kier molecular flexibility index (Phi) is 3.78. The highest BCUT2D eigenvalue weighted by Crippen LogP contribution is 2.44. The van der Waals surface area contributed by atoms with Gasteiger partial charge in [-0.25, -0.2) is 0 Å². The largest absolute Gasteiger partial charge is 0.375 e. The molecule has 4 atom stereocenters. The van der Waals surface area contributed by atoms with Gasteiger partial charge >= 0.3 is 0 Å². The summed E-state index contributed by atoms with van der Waals surface area (Å²) in [5, 5.41) is 28.0. The van der Waals surface area contributed by atoms with Crippen LogP contribution in [0, 0.1) is 17.8 Å². The monoisotopic (exact) mass is 287 g/mol. The van der Waals surface area contributed by atoms with Crippen molar-refractivity contribution in [2.24, 2.45) is 17.8 Å². The molecule has 3 rings (SSSR count). The van der Waals surface area contributed by atoms with Gasteiger partial charge in [0.25, 0.3) is 5.97 Å². The van der Waals surface area contributed by atoms with Crippen molar-refractivity contribution in [2.75, 3.05) is 13.1 Å². The topological polar surface area (TPSA) is 73.2 Å². The first-order valence-electron chi connectivity index (χ1n) is 7.58. The summed E-state index contributed by atoms with van der Waals surface area (Å²) in [4.78, 5) is 1.99. The summed E-state index contributed by atoms with van der Waals surface area (Å²) in [5.41, 5.74) is -2.15. The molecule has 21 heavy (non-hydrogen) atoms. The molecule has 110 valence electrons. The first-order valence-corrected chi connectivity index (χ1v) is 7.58. The first kappa shape index (κ1) is 15.9. The van der Waals surface area contributed by atoms with Gasteiger partial charge in [-0.15, -0.1) is 0 Å². The van der Waals surface area contributed by atoms with Crippen molar-refractivity contribution in [1.29, 1.82) is 0 Å². The van der Waals surface area contributed by atoms with Gasteiger partial charge in [0, 0.05) is 19.5 Å². The lowest BCUT2D eigenvalue weighted by Gasteiger charge is -2.51. The molecule has 0 spiro atoms. The Labute approximate surface area is 129 Å². The van der Waals surface area contributed by atoms with Gasteiger partial charge in [-0.3, -0.25) is 0 Å². The van der Waals surface area contributed by atoms with Crippen LogP contribution in [0.25, 0.3) is 0 Å². The van der Waals surface area contributed by atoms with Crippen LogP contribution in [-0.2, 0) is 4.74 Å². The predicted molar refractivity (Wildman–Crippen MR) is 78.3 cm³/mol. The van der Waals surface area contributed by atoms with Gasteiger partial charge in [-0.2, -0.15) is 0 Å². The average molecular weight is 287 g/mol. The second kappa shape index (κ2) is 5.00. The van der Waals surface area contributed by atoms with Crippen LogP contribution < -0.4 is 0 Å². The molecule has 0 amide bonds. The van der Waals surface area contributed by atoms with Gasteiger partial charge in [0.05, 0.1) is 15.7 Å². The highest BCUT2D eigenvalue weighted by molar-refractivity contribution is 6.40. The molecule has 1 aliphatic carbocycles. The lowest BCUT2D eigenvalue weighted by atomic mass is 9.50. The number of ether oxygens (including phenoxy) is 1. The maximum Gasteiger partial charge on any atom is 0.279 e. The van der Waals surface area contributed by atoms with E-state index in [0.29, 0.717) is 11.8 Å². The molecule has 3 N–H and O–H groups in total. The molecule has 5 nitrogen and oxygen atoms in total. The van der Waals surface area contributed by atoms with E-state index < -0.39 is 22.9 Å². The van der Waals surface area contributed by atoms with Gasteiger partial charge in [-0.1, -0.05) is 11.8 Å². The van der Waals surface area contributed by atoms with Crippen LogP contribution in [0.3, 0.4) is 0 Å². The van der Waals surface area contributed by atoms with E-state index in [1.807, 2.05) is 4.90 Å². The molecular weight excluding hydrogens is 267 g/mol. The van der Waals surface area contributed by atoms with Crippen LogP contribution in [0.1, 0.15) is 32.1 Å². The van der Waals surface area contributed by atoms with Crippen molar-refractivity contribution >= 4 is 23.5 Å². The molecule has 3 fully saturated rings. The summed E-state index contributed by atoms with van der Waals surface area (Å²) < 4.78 is 4.64. The Hall–Kier alpha value is -0.00519. The number of aliphatic hydroxyl groups is 3. The third kappa shape index (κ3) is 3.06. The lowest BCUT2D eigenvalue weighted by Crippen LogP contribution is -2.62. The Morgan fingerprint density at radius 1 is 1.05 bits per heavy atom. The van der Waals surface area contributed by atoms with Crippen LogP contribution in [0.4, 0.5) is 0 Å². The predicted octanol–water partition coefficient (Wildman–Crippen LogP) is -1.41. The van der Waals surface area contributed by atoms with Crippen LogP contribution in [0.2, 0.25) is 0 Å². The fourth-order valence-corrected chi connectivity index (χ4v) is 4.25. The fraction of sp³-hybridized carbons (Fsp3) is 1.00. The summed E-state index contributed by atoms with van der Waals surface area (Å²) >= 11 is 0. The third-order valence-electron chi connectivity index (χ3n) is 5.32. The van der Waals surface area contributed by atoms with Crippen molar-refractivity contribution in [3.8, 4) is 0 Å². The highest BCUT2D eigenvalue weighted by Gasteiger charge is 2.51. The van der Waals surface area contributed by atoms with E-state index in [0.717, 1.165) is 13.1 Å². The molecule has 3 aliphatic rings. The average Bonchev–Trinajstić information content (AvgIpc) is 2.83. The van der Waals surface area contributed by atoms with Crippen LogP contribution in [0.5, 0.6) is 0 Å². The highest BCUT2D eigenvalue weighted by atomic mass is 16.8. The molecule has 0 aromatic rings. The van der Waals surface area contributed by atoms with Gasteiger partial charge in [0.15, 0.2) is 7.85 Å². The van der Waals surface area contributed by atoms with Crippen LogP contribution >= 0.6 is 0 Å². The Bertz CT molecular complexity index is 390. The number of fused-ring (bicyclic) bond motifs is 1. The van der Waals surface area contributed by atoms with E-state index >= 15 is 0 Å². The minimum atomic E-state index is -2.52. The molecule has 8 heteroatoms. The minimum Gasteiger partial charge on any atom is -0.375 e. The fourth-order valence-electron chi connectivity index (χ4n) is 4.25. The Balaban J connectivity index is 1.75. The number of hydrogen-bond acceptors (Lipinski definition) is 5. The molecule has 2 aliphatic heterocycles.